The summed E-state index contributed by atoms with van der Waals surface area (Å²) in [5, 5.41) is 10.1. The Morgan fingerprint density at radius 1 is 0.487 bits per heavy atom. The van der Waals surface area contributed by atoms with Crippen molar-refractivity contribution < 1.29 is 19.3 Å². The van der Waals surface area contributed by atoms with Crippen molar-refractivity contribution in [3.05, 3.63) is 160 Å². The van der Waals surface area contributed by atoms with Gasteiger partial charge in [0.25, 0.3) is 0 Å². The molecule has 414 valence electrons. The highest BCUT2D eigenvalue weighted by Crippen LogP contribution is 2.43. The van der Waals surface area contributed by atoms with E-state index < -0.39 is 6.10 Å². The molecule has 16 heteroatoms. The van der Waals surface area contributed by atoms with Crippen molar-refractivity contribution in [3.63, 3.8) is 0 Å². The molecular weight excluding hydrogens is 1000 g/mol. The first-order chi connectivity index (χ1) is 38.6. The van der Waals surface area contributed by atoms with Gasteiger partial charge in [0.05, 0.1) is 48.9 Å². The average molecular weight is 1080 g/mol. The minimum absolute atomic E-state index is 0.000521. The lowest BCUT2D eigenvalue weighted by molar-refractivity contribution is 0.175. The first-order valence-electron chi connectivity index (χ1n) is 28.8. The van der Waals surface area contributed by atoms with Gasteiger partial charge in [-0.25, -0.2) is 15.0 Å². The van der Waals surface area contributed by atoms with Crippen molar-refractivity contribution in [1.29, 1.82) is 0 Å². The van der Waals surface area contributed by atoms with Crippen molar-refractivity contribution in [2.75, 3.05) is 47.4 Å². The predicted octanol–water partition coefficient (Wildman–Crippen LogP) is 8.06. The van der Waals surface area contributed by atoms with Gasteiger partial charge in [-0.05, 0) is 169 Å². The normalized spacial score (nSPS) is 24.5. The Balaban J connectivity index is 0.000000113. The Morgan fingerprint density at radius 3 is 1.18 bits per heavy atom. The summed E-state index contributed by atoms with van der Waals surface area (Å²) in [5.74, 6) is 5.60. The highest BCUT2D eigenvalue weighted by molar-refractivity contribution is 6.17. The lowest BCUT2D eigenvalue weighted by Gasteiger charge is -2.24. The van der Waals surface area contributed by atoms with Crippen LogP contribution in [0.1, 0.15) is 129 Å². The number of nitrogens with zero attached hydrogens (tertiary/aromatic N) is 9. The van der Waals surface area contributed by atoms with Crippen molar-refractivity contribution in [3.8, 4) is 17.2 Å². The molecule has 6 aromatic rings. The van der Waals surface area contributed by atoms with Crippen LogP contribution in [-0.2, 0) is 19.6 Å². The monoisotopic (exact) mass is 1070 g/mol. The molecule has 9 aliphatic rings. The summed E-state index contributed by atoms with van der Waals surface area (Å²) < 4.78 is 18.4. The molecule has 0 spiro atoms. The fraction of sp³-hybridized carbons (Fsp3) is 0.438. The second kappa shape index (κ2) is 20.7. The molecule has 0 radical (unpaired) electrons. The molecule has 7 N–H and O–H groups in total. The minimum Gasteiger partial charge on any atom is -0.488 e. The number of anilines is 3. The van der Waals surface area contributed by atoms with Gasteiger partial charge in [0, 0.05) is 103 Å². The number of nitrogens with two attached hydrogens (primary N) is 3. The molecule has 0 unspecified atom stereocenters. The van der Waals surface area contributed by atoms with Crippen molar-refractivity contribution in [1.82, 2.24) is 15.0 Å². The Kier molecular flexibility index (Phi) is 13.5. The Morgan fingerprint density at radius 2 is 0.850 bits per heavy atom. The van der Waals surface area contributed by atoms with E-state index in [2.05, 4.69) is 111 Å². The number of pyridine rings is 3. The van der Waals surface area contributed by atoms with Crippen LogP contribution >= 0.6 is 0 Å². The van der Waals surface area contributed by atoms with Crippen LogP contribution in [-0.4, -0.2) is 117 Å². The summed E-state index contributed by atoms with van der Waals surface area (Å²) >= 11 is 0. The van der Waals surface area contributed by atoms with Crippen LogP contribution in [0.5, 0.6) is 17.2 Å². The molecule has 0 amide bonds. The van der Waals surface area contributed by atoms with E-state index in [0.29, 0.717) is 13.1 Å². The molecule has 80 heavy (non-hydrogen) atoms. The first kappa shape index (κ1) is 52.2. The Labute approximate surface area is 469 Å². The summed E-state index contributed by atoms with van der Waals surface area (Å²) in [5.41, 5.74) is 31.8. The number of benzene rings is 3. The van der Waals surface area contributed by atoms with Gasteiger partial charge in [0.1, 0.15) is 51.5 Å². The number of hydrogen-bond acceptors (Lipinski definition) is 16. The molecule has 9 heterocycles. The number of rotatable bonds is 12. The lowest BCUT2D eigenvalue weighted by atomic mass is 10.0. The maximum atomic E-state index is 10.1. The number of aromatic nitrogens is 3. The number of aliphatic hydroxyl groups excluding tert-OH is 1. The molecule has 5 atom stereocenters. The van der Waals surface area contributed by atoms with Gasteiger partial charge < -0.3 is 51.2 Å². The van der Waals surface area contributed by atoms with Gasteiger partial charge in [0.15, 0.2) is 0 Å². The fourth-order valence-corrected chi connectivity index (χ4v) is 11.6. The van der Waals surface area contributed by atoms with Gasteiger partial charge in [-0.3, -0.25) is 15.0 Å². The number of hydrogen-bond donors (Lipinski definition) is 4. The molecule has 3 aromatic heterocycles. The molecule has 16 nitrogen and oxygen atoms in total. The maximum absolute atomic E-state index is 10.1. The van der Waals surface area contributed by atoms with Crippen molar-refractivity contribution >= 4 is 34.6 Å². The second-order valence-electron chi connectivity index (χ2n) is 24.3. The van der Waals surface area contributed by atoms with Crippen molar-refractivity contribution in [2.45, 2.75) is 146 Å². The molecule has 3 saturated carbocycles. The zero-order valence-electron chi connectivity index (χ0n) is 46.5. The molecule has 15 rings (SSSR count). The molecule has 3 aliphatic carbocycles. The molecular formula is C64H74N12O4. The smallest absolute Gasteiger partial charge is 0.129 e. The number of aliphatic hydroxyl groups is 1. The van der Waals surface area contributed by atoms with Crippen LogP contribution < -0.4 is 46.1 Å². The number of aliphatic imine (C=N–C) groups is 3. The zero-order chi connectivity index (χ0) is 54.9. The quantitative estimate of drug-likeness (QED) is 0.0915. The highest BCUT2D eigenvalue weighted by Gasteiger charge is 2.42. The standard InChI is InChI=1S/C22H26N4O2.2C21H24N4O/c1-13-20(23)18(27)12-26(13)19-9-14(5-8-24-19)21-17-10-16(28-22(2)6-7-22)4-3-15(17)11-25-21;2*1-21(6-7-21)26-17-3-2-15-12-24-20(18(15)11-17)14-4-8-23-19(10-14)25-9-5-16(22)13-25/h3-5,8-10,13,18,20,27H,6-7,11-12,23H2,1-2H3;2*2-4,8,10-11,16H,5-7,9,12-13,22H2,1H3/t13-,18-,20-;2*16-/m010/s1. The van der Waals surface area contributed by atoms with E-state index in [1.807, 2.05) is 49.6 Å². The summed E-state index contributed by atoms with van der Waals surface area (Å²) in [7, 11) is 0. The fourth-order valence-electron chi connectivity index (χ4n) is 11.6. The zero-order valence-corrected chi connectivity index (χ0v) is 46.5. The Hall–Kier alpha value is -7.24. The number of fused-ring (bicyclic) bond motifs is 3. The third-order valence-electron chi connectivity index (χ3n) is 17.5. The third kappa shape index (κ3) is 11.0. The third-order valence-corrected chi connectivity index (χ3v) is 17.5. The van der Waals surface area contributed by atoms with E-state index in [4.69, 9.17) is 46.4 Å². The molecule has 3 aromatic carbocycles. The van der Waals surface area contributed by atoms with Gasteiger partial charge in [0.2, 0.25) is 0 Å². The summed E-state index contributed by atoms with van der Waals surface area (Å²) in [6.45, 7) is 14.8. The van der Waals surface area contributed by atoms with Crippen LogP contribution in [0.4, 0.5) is 17.5 Å². The van der Waals surface area contributed by atoms with E-state index in [-0.39, 0.29) is 41.0 Å². The maximum Gasteiger partial charge on any atom is 0.129 e. The summed E-state index contributed by atoms with van der Waals surface area (Å²) in [6.07, 6.45) is 13.8. The lowest BCUT2D eigenvalue weighted by Crippen LogP contribution is -2.40. The number of β-amino-alcohol motifs (C(OH)–C–C–N with tert-alkyl or cyclic N) is 1. The molecule has 0 bridgehead atoms. The average Bonchev–Trinajstić information content (AvgIpc) is 4.15. The van der Waals surface area contributed by atoms with E-state index >= 15 is 0 Å². The van der Waals surface area contributed by atoms with Gasteiger partial charge >= 0.3 is 0 Å². The van der Waals surface area contributed by atoms with Gasteiger partial charge in [-0.1, -0.05) is 18.2 Å². The Bertz CT molecular complexity index is 3290. The summed E-state index contributed by atoms with van der Waals surface area (Å²) in [4.78, 5) is 34.6. The summed E-state index contributed by atoms with van der Waals surface area (Å²) in [6, 6.07) is 31.7. The molecule has 3 saturated heterocycles. The van der Waals surface area contributed by atoms with Crippen LogP contribution in [0.15, 0.2) is 125 Å². The minimum atomic E-state index is -0.534. The second-order valence-corrected chi connectivity index (χ2v) is 24.3. The highest BCUT2D eigenvalue weighted by atomic mass is 16.5. The van der Waals surface area contributed by atoms with E-state index in [0.717, 1.165) is 165 Å². The van der Waals surface area contributed by atoms with Crippen LogP contribution in [0.25, 0.3) is 0 Å². The van der Waals surface area contributed by atoms with E-state index in [1.165, 1.54) is 27.8 Å². The molecule has 6 fully saturated rings. The predicted molar refractivity (Wildman–Crippen MR) is 315 cm³/mol. The SMILES string of the molecule is CC1(Oc2ccc3c(c2)C(c2ccnc(N4CC[C@@H](N)C4)c2)=NC3)CC1.CC1(Oc2ccc3c(c2)C(c2ccnc(N4CC[C@H](N)C4)c2)=NC3)CC1.C[C@H]1[C@H](N)[C@@H](O)CN1c1cc(C2=NCc3ccc(OC4(C)CC4)cc32)ccn1. The van der Waals surface area contributed by atoms with Crippen molar-refractivity contribution in [2.24, 2.45) is 32.2 Å². The van der Waals surface area contributed by atoms with Gasteiger partial charge in [-0.2, -0.15) is 0 Å². The topological polar surface area (TPSA) is 211 Å². The van der Waals surface area contributed by atoms with Gasteiger partial charge in [-0.15, -0.1) is 0 Å². The van der Waals surface area contributed by atoms with E-state index in [1.54, 1.807) is 6.20 Å². The van der Waals surface area contributed by atoms with Crippen LogP contribution in [0.2, 0.25) is 0 Å². The largest absolute Gasteiger partial charge is 0.488 e. The van der Waals surface area contributed by atoms with Crippen LogP contribution in [0.3, 0.4) is 0 Å². The first-order valence-corrected chi connectivity index (χ1v) is 28.8. The number of ether oxygens (including phenoxy) is 3. The molecule has 6 aliphatic heterocycles. The van der Waals surface area contributed by atoms with Crippen LogP contribution in [0, 0.1) is 0 Å². The van der Waals surface area contributed by atoms with E-state index in [9.17, 15) is 5.11 Å².